The van der Waals surface area contributed by atoms with Crippen LogP contribution in [0.2, 0.25) is 0 Å². The van der Waals surface area contributed by atoms with E-state index in [1.807, 2.05) is 13.8 Å². The number of hydrogen-bond donors (Lipinski definition) is 3. The molecule has 1 unspecified atom stereocenters. The zero-order chi connectivity index (χ0) is 11.1. The minimum atomic E-state index is -0.640. The van der Waals surface area contributed by atoms with Crippen LogP contribution in [0, 0.1) is 5.92 Å². The first-order valence-electron chi connectivity index (χ1n) is 4.38. The molecular formula is C8H17N3O3. The number of nitrogens with one attached hydrogen (secondary N) is 1. The molecule has 0 aliphatic carbocycles. The van der Waals surface area contributed by atoms with Gasteiger partial charge in [-0.1, -0.05) is 13.8 Å². The van der Waals surface area contributed by atoms with Gasteiger partial charge in [0.1, 0.15) is 0 Å². The number of hydroxylamine groups is 1. The Labute approximate surface area is 82.9 Å². The monoisotopic (exact) mass is 203 g/mol. The molecule has 82 valence electrons. The summed E-state index contributed by atoms with van der Waals surface area (Å²) in [4.78, 5) is 25.8. The molecule has 0 aromatic rings. The van der Waals surface area contributed by atoms with Crippen LogP contribution >= 0.6 is 0 Å². The van der Waals surface area contributed by atoms with Crippen LogP contribution in [0.3, 0.4) is 0 Å². The summed E-state index contributed by atoms with van der Waals surface area (Å²) in [5, 5.41) is 0. The zero-order valence-corrected chi connectivity index (χ0v) is 8.45. The van der Waals surface area contributed by atoms with Crippen molar-refractivity contribution >= 4 is 11.8 Å². The van der Waals surface area contributed by atoms with Gasteiger partial charge < -0.3 is 11.5 Å². The molecule has 0 spiro atoms. The Kier molecular flexibility index (Phi) is 5.82. The molecule has 0 bridgehead atoms. The molecule has 0 aliphatic heterocycles. The number of hydrogen-bond acceptors (Lipinski definition) is 4. The first-order chi connectivity index (χ1) is 6.43. The fourth-order valence-corrected chi connectivity index (χ4v) is 0.679. The van der Waals surface area contributed by atoms with Crippen LogP contribution in [-0.2, 0) is 14.4 Å². The highest BCUT2D eigenvalue weighted by Crippen LogP contribution is 2.01. The Bertz CT molecular complexity index is 206. The van der Waals surface area contributed by atoms with E-state index in [-0.39, 0.29) is 30.9 Å². The summed E-state index contributed by atoms with van der Waals surface area (Å²) in [6, 6.07) is -0.216. The predicted octanol–water partition coefficient (Wildman–Crippen LogP) is -1.11. The molecule has 0 fully saturated rings. The van der Waals surface area contributed by atoms with Crippen LogP contribution in [0.4, 0.5) is 0 Å². The van der Waals surface area contributed by atoms with Crippen molar-refractivity contribution in [2.45, 2.75) is 26.3 Å². The first-order valence-corrected chi connectivity index (χ1v) is 4.38. The Morgan fingerprint density at radius 3 is 2.43 bits per heavy atom. The van der Waals surface area contributed by atoms with E-state index in [0.717, 1.165) is 0 Å². The molecule has 0 aromatic heterocycles. The molecule has 0 aliphatic rings. The van der Waals surface area contributed by atoms with Gasteiger partial charge >= 0.3 is 0 Å². The lowest BCUT2D eigenvalue weighted by Crippen LogP contribution is -2.36. The maximum atomic E-state index is 11.1. The van der Waals surface area contributed by atoms with E-state index < -0.39 is 5.91 Å². The lowest BCUT2D eigenvalue weighted by atomic mass is 10.0. The summed E-state index contributed by atoms with van der Waals surface area (Å²) >= 11 is 0. The normalized spacial score (nSPS) is 12.6. The van der Waals surface area contributed by atoms with Crippen LogP contribution in [0.25, 0.3) is 0 Å². The van der Waals surface area contributed by atoms with Crippen molar-refractivity contribution in [1.82, 2.24) is 5.48 Å². The molecule has 2 amide bonds. The number of primary amides is 1. The zero-order valence-electron chi connectivity index (χ0n) is 8.45. The lowest BCUT2D eigenvalue weighted by Gasteiger charge is -2.14. The fourth-order valence-electron chi connectivity index (χ4n) is 0.679. The molecule has 0 saturated carbocycles. The molecule has 0 aromatic carbocycles. The van der Waals surface area contributed by atoms with E-state index in [2.05, 4.69) is 10.3 Å². The average molecular weight is 203 g/mol. The molecule has 0 saturated heterocycles. The van der Waals surface area contributed by atoms with E-state index in [0.29, 0.717) is 0 Å². The molecule has 0 rings (SSSR count). The Morgan fingerprint density at radius 1 is 1.43 bits per heavy atom. The molecular weight excluding hydrogens is 186 g/mol. The molecule has 0 radical (unpaired) electrons. The van der Waals surface area contributed by atoms with Crippen LogP contribution in [-0.4, -0.2) is 24.5 Å². The lowest BCUT2D eigenvalue weighted by molar-refractivity contribution is -0.138. The van der Waals surface area contributed by atoms with Gasteiger partial charge in [-0.05, 0) is 5.92 Å². The van der Waals surface area contributed by atoms with Crippen molar-refractivity contribution in [3.63, 3.8) is 0 Å². The summed E-state index contributed by atoms with van der Waals surface area (Å²) in [5.74, 6) is -0.775. The van der Waals surface area contributed by atoms with Crippen molar-refractivity contribution in [3.05, 3.63) is 0 Å². The molecule has 6 nitrogen and oxygen atoms in total. The third-order valence-corrected chi connectivity index (χ3v) is 1.68. The highest BCUT2D eigenvalue weighted by molar-refractivity contribution is 5.77. The maximum Gasteiger partial charge on any atom is 0.246 e. The second-order valence-corrected chi connectivity index (χ2v) is 3.39. The minimum absolute atomic E-state index is 0.163. The number of amides is 2. The van der Waals surface area contributed by atoms with E-state index in [1.165, 1.54) is 0 Å². The summed E-state index contributed by atoms with van der Waals surface area (Å²) < 4.78 is 0. The van der Waals surface area contributed by atoms with Gasteiger partial charge in [-0.25, -0.2) is 5.48 Å². The van der Waals surface area contributed by atoms with Crippen LogP contribution < -0.4 is 16.9 Å². The molecule has 14 heavy (non-hydrogen) atoms. The van der Waals surface area contributed by atoms with Gasteiger partial charge in [0.2, 0.25) is 11.8 Å². The summed E-state index contributed by atoms with van der Waals surface area (Å²) in [6.45, 7) is 3.51. The summed E-state index contributed by atoms with van der Waals surface area (Å²) in [7, 11) is 0. The van der Waals surface area contributed by atoms with Crippen molar-refractivity contribution in [2.75, 3.05) is 6.61 Å². The Balaban J connectivity index is 3.60. The van der Waals surface area contributed by atoms with Crippen molar-refractivity contribution in [3.8, 4) is 0 Å². The van der Waals surface area contributed by atoms with Gasteiger partial charge in [-0.3, -0.25) is 14.4 Å². The molecule has 1 atom stereocenters. The highest BCUT2D eigenvalue weighted by atomic mass is 16.7. The van der Waals surface area contributed by atoms with E-state index in [1.54, 1.807) is 0 Å². The quantitative estimate of drug-likeness (QED) is 0.476. The van der Waals surface area contributed by atoms with Crippen LogP contribution in [0.1, 0.15) is 20.3 Å². The van der Waals surface area contributed by atoms with E-state index >= 15 is 0 Å². The predicted molar refractivity (Wildman–Crippen MR) is 50.7 cm³/mol. The third-order valence-electron chi connectivity index (χ3n) is 1.68. The van der Waals surface area contributed by atoms with Gasteiger partial charge in [0.15, 0.2) is 6.61 Å². The minimum Gasteiger partial charge on any atom is -0.368 e. The number of nitrogens with two attached hydrogens (primary N) is 2. The standard InChI is InChI=1S/C8H17N3O3/c1-5(2)6(9)3-8(13)11-14-4-7(10)12/h5-6H,3-4,9H2,1-2H3,(H2,10,12)(H,11,13). The van der Waals surface area contributed by atoms with E-state index in [9.17, 15) is 9.59 Å². The Hall–Kier alpha value is -1.14. The van der Waals surface area contributed by atoms with Crippen molar-refractivity contribution < 1.29 is 14.4 Å². The smallest absolute Gasteiger partial charge is 0.246 e. The summed E-state index contributed by atoms with van der Waals surface area (Å²) in [5.41, 5.74) is 12.5. The van der Waals surface area contributed by atoms with Gasteiger partial charge in [0, 0.05) is 12.5 Å². The SMILES string of the molecule is CC(C)C(N)CC(=O)NOCC(N)=O. The number of rotatable bonds is 6. The third kappa shape index (κ3) is 6.38. The number of carbonyl (C=O) groups excluding carboxylic acids is 2. The molecule has 6 heteroatoms. The second kappa shape index (κ2) is 6.33. The summed E-state index contributed by atoms with van der Waals surface area (Å²) in [6.07, 6.45) is 0.163. The van der Waals surface area contributed by atoms with Gasteiger partial charge in [0.05, 0.1) is 0 Å². The largest absolute Gasteiger partial charge is 0.368 e. The van der Waals surface area contributed by atoms with E-state index in [4.69, 9.17) is 11.5 Å². The molecule has 5 N–H and O–H groups in total. The molecule has 0 heterocycles. The average Bonchev–Trinajstić information content (AvgIpc) is 2.02. The topological polar surface area (TPSA) is 107 Å². The maximum absolute atomic E-state index is 11.1. The van der Waals surface area contributed by atoms with Gasteiger partial charge in [-0.15, -0.1) is 0 Å². The van der Waals surface area contributed by atoms with Crippen LogP contribution in [0.15, 0.2) is 0 Å². The van der Waals surface area contributed by atoms with Crippen LogP contribution in [0.5, 0.6) is 0 Å². The van der Waals surface area contributed by atoms with Crippen molar-refractivity contribution in [1.29, 1.82) is 0 Å². The van der Waals surface area contributed by atoms with Gasteiger partial charge in [0.25, 0.3) is 0 Å². The first kappa shape index (κ1) is 12.9. The highest BCUT2D eigenvalue weighted by Gasteiger charge is 2.12. The van der Waals surface area contributed by atoms with Gasteiger partial charge in [-0.2, -0.15) is 0 Å². The second-order valence-electron chi connectivity index (χ2n) is 3.39. The Morgan fingerprint density at radius 2 is 2.00 bits per heavy atom. The number of carbonyl (C=O) groups is 2. The fraction of sp³-hybridized carbons (Fsp3) is 0.750. The van der Waals surface area contributed by atoms with Crippen molar-refractivity contribution in [2.24, 2.45) is 17.4 Å².